The third kappa shape index (κ3) is 5.98. The lowest BCUT2D eigenvalue weighted by molar-refractivity contribution is -0.116. The zero-order valence-electron chi connectivity index (χ0n) is 17.2. The van der Waals surface area contributed by atoms with Crippen LogP contribution in [0.3, 0.4) is 0 Å². The number of hydrogen-bond acceptors (Lipinski definition) is 3. The predicted octanol–water partition coefficient (Wildman–Crippen LogP) is 4.68. The number of carbonyl (C=O) groups is 2. The quantitative estimate of drug-likeness (QED) is 0.606. The van der Waals surface area contributed by atoms with E-state index in [-0.39, 0.29) is 11.8 Å². The maximum absolute atomic E-state index is 13.1. The molecule has 27 heavy (non-hydrogen) atoms. The zero-order chi connectivity index (χ0) is 19.6. The van der Waals surface area contributed by atoms with Crippen LogP contribution in [0.4, 0.5) is 11.4 Å². The maximum atomic E-state index is 13.1. The molecule has 1 aromatic carbocycles. The summed E-state index contributed by atoms with van der Waals surface area (Å²) in [5.41, 5.74) is 2.41. The topological polar surface area (TPSA) is 52.7 Å². The van der Waals surface area contributed by atoms with E-state index in [0.29, 0.717) is 30.8 Å². The molecule has 2 amide bonds. The molecule has 0 aliphatic carbocycles. The Labute approximate surface area is 164 Å². The molecule has 150 valence electrons. The van der Waals surface area contributed by atoms with Crippen molar-refractivity contribution < 1.29 is 9.59 Å². The number of carbonyl (C=O) groups excluding carboxylic acids is 2. The molecule has 5 nitrogen and oxygen atoms in total. The molecular formula is C22H35N3O2. The van der Waals surface area contributed by atoms with E-state index in [4.69, 9.17) is 0 Å². The summed E-state index contributed by atoms with van der Waals surface area (Å²) in [5.74, 6) is 0.0715. The highest BCUT2D eigenvalue weighted by molar-refractivity contribution is 6.02. The van der Waals surface area contributed by atoms with Crippen LogP contribution in [-0.4, -0.2) is 42.9 Å². The molecule has 0 aromatic heterocycles. The normalized spacial score (nSPS) is 13.7. The van der Waals surface area contributed by atoms with E-state index in [1.165, 1.54) is 6.42 Å². The fourth-order valence-electron chi connectivity index (χ4n) is 3.64. The molecule has 0 unspecified atom stereocenters. The van der Waals surface area contributed by atoms with Gasteiger partial charge < -0.3 is 15.1 Å². The van der Waals surface area contributed by atoms with Gasteiger partial charge in [0.2, 0.25) is 5.91 Å². The van der Waals surface area contributed by atoms with Gasteiger partial charge in [-0.3, -0.25) is 9.59 Å². The smallest absolute Gasteiger partial charge is 0.256 e. The average Bonchev–Trinajstić information content (AvgIpc) is 3.20. The summed E-state index contributed by atoms with van der Waals surface area (Å²) in [7, 11) is 0. The molecule has 0 saturated carbocycles. The van der Waals surface area contributed by atoms with Crippen molar-refractivity contribution in [3.8, 4) is 0 Å². The minimum atomic E-state index is 0.0289. The number of nitrogens with zero attached hydrogens (tertiary/aromatic N) is 2. The number of hydrogen-bond donors (Lipinski definition) is 1. The van der Waals surface area contributed by atoms with Gasteiger partial charge in [-0.2, -0.15) is 0 Å². The lowest BCUT2D eigenvalue weighted by Crippen LogP contribution is -2.32. The van der Waals surface area contributed by atoms with E-state index in [9.17, 15) is 9.59 Å². The molecule has 1 aromatic rings. The van der Waals surface area contributed by atoms with Gasteiger partial charge >= 0.3 is 0 Å². The van der Waals surface area contributed by atoms with E-state index < -0.39 is 0 Å². The predicted molar refractivity (Wildman–Crippen MR) is 113 cm³/mol. The van der Waals surface area contributed by atoms with Crippen molar-refractivity contribution in [1.82, 2.24) is 4.90 Å². The number of anilines is 2. The van der Waals surface area contributed by atoms with Crippen LogP contribution >= 0.6 is 0 Å². The minimum absolute atomic E-state index is 0.0289. The van der Waals surface area contributed by atoms with Crippen LogP contribution in [0.2, 0.25) is 0 Å². The van der Waals surface area contributed by atoms with E-state index >= 15 is 0 Å². The van der Waals surface area contributed by atoms with Crippen LogP contribution in [0.25, 0.3) is 0 Å². The summed E-state index contributed by atoms with van der Waals surface area (Å²) >= 11 is 0. The van der Waals surface area contributed by atoms with Crippen LogP contribution in [0.1, 0.15) is 76.1 Å². The van der Waals surface area contributed by atoms with Crippen LogP contribution < -0.4 is 10.2 Å². The Morgan fingerprint density at radius 2 is 1.74 bits per heavy atom. The highest BCUT2D eigenvalue weighted by Gasteiger charge is 2.22. The fraction of sp³-hybridized carbons (Fsp3) is 0.636. The van der Waals surface area contributed by atoms with E-state index in [2.05, 4.69) is 17.1 Å². The van der Waals surface area contributed by atoms with Gasteiger partial charge in [-0.25, -0.2) is 0 Å². The zero-order valence-corrected chi connectivity index (χ0v) is 17.2. The first-order valence-electron chi connectivity index (χ1n) is 10.6. The molecular weight excluding hydrogens is 338 g/mol. The Morgan fingerprint density at radius 3 is 2.37 bits per heavy atom. The molecule has 1 fully saturated rings. The average molecular weight is 374 g/mol. The largest absolute Gasteiger partial charge is 0.371 e. The van der Waals surface area contributed by atoms with Gasteiger partial charge in [-0.1, -0.05) is 26.2 Å². The summed E-state index contributed by atoms with van der Waals surface area (Å²) in [6.45, 7) is 9.50. The maximum Gasteiger partial charge on any atom is 0.256 e. The van der Waals surface area contributed by atoms with E-state index in [1.807, 2.05) is 36.9 Å². The molecule has 1 saturated heterocycles. The molecule has 1 N–H and O–H groups in total. The van der Waals surface area contributed by atoms with Crippen LogP contribution in [0.5, 0.6) is 0 Å². The number of unbranched alkanes of at least 4 members (excludes halogenated alkanes) is 3. The third-order valence-electron chi connectivity index (χ3n) is 5.27. The van der Waals surface area contributed by atoms with Crippen molar-refractivity contribution in [2.24, 2.45) is 0 Å². The first kappa shape index (κ1) is 21.3. The lowest BCUT2D eigenvalue weighted by Gasteiger charge is -2.25. The van der Waals surface area contributed by atoms with Crippen molar-refractivity contribution in [2.75, 3.05) is 36.4 Å². The molecule has 1 aliphatic rings. The Balaban J connectivity index is 2.16. The van der Waals surface area contributed by atoms with Gasteiger partial charge in [0.1, 0.15) is 0 Å². The third-order valence-corrected chi connectivity index (χ3v) is 5.27. The van der Waals surface area contributed by atoms with Crippen molar-refractivity contribution in [3.05, 3.63) is 23.8 Å². The highest BCUT2D eigenvalue weighted by Crippen LogP contribution is 2.29. The number of benzene rings is 1. The van der Waals surface area contributed by atoms with Crippen molar-refractivity contribution in [1.29, 1.82) is 0 Å². The number of amides is 2. The number of nitrogens with one attached hydrogen (secondary N) is 1. The molecule has 1 heterocycles. The molecule has 2 rings (SSSR count). The van der Waals surface area contributed by atoms with Crippen molar-refractivity contribution in [2.45, 2.75) is 65.7 Å². The van der Waals surface area contributed by atoms with Gasteiger partial charge in [0.15, 0.2) is 0 Å². The monoisotopic (exact) mass is 373 g/mol. The standard InChI is InChI=1S/C22H35N3O2/c1-4-7-8-9-12-21(26)23-18-13-14-20(25-15-10-11-16-25)19(17-18)22(27)24(5-2)6-3/h13-14,17H,4-12,15-16H2,1-3H3,(H,23,26). The Kier molecular flexibility index (Phi) is 8.62. The van der Waals surface area contributed by atoms with Gasteiger partial charge in [-0.05, 0) is 51.3 Å². The van der Waals surface area contributed by atoms with Crippen molar-refractivity contribution in [3.63, 3.8) is 0 Å². The van der Waals surface area contributed by atoms with Crippen LogP contribution in [-0.2, 0) is 4.79 Å². The van der Waals surface area contributed by atoms with Gasteiger partial charge in [0, 0.05) is 44.0 Å². The summed E-state index contributed by atoms with van der Waals surface area (Å²) in [6, 6.07) is 5.78. The first-order valence-corrected chi connectivity index (χ1v) is 10.6. The van der Waals surface area contributed by atoms with Gasteiger partial charge in [0.25, 0.3) is 5.91 Å². The summed E-state index contributed by atoms with van der Waals surface area (Å²) in [5, 5.41) is 2.98. The summed E-state index contributed by atoms with van der Waals surface area (Å²) < 4.78 is 0. The summed E-state index contributed by atoms with van der Waals surface area (Å²) in [4.78, 5) is 29.4. The second kappa shape index (κ2) is 11.0. The van der Waals surface area contributed by atoms with Gasteiger partial charge in [0.05, 0.1) is 5.56 Å². The molecule has 0 spiro atoms. The lowest BCUT2D eigenvalue weighted by atomic mass is 10.1. The Hall–Kier alpha value is -2.04. The Bertz CT molecular complexity index is 620. The molecule has 5 heteroatoms. The van der Waals surface area contributed by atoms with Gasteiger partial charge in [-0.15, -0.1) is 0 Å². The molecule has 1 aliphatic heterocycles. The molecule has 0 atom stereocenters. The van der Waals surface area contributed by atoms with Crippen molar-refractivity contribution >= 4 is 23.2 Å². The van der Waals surface area contributed by atoms with Crippen LogP contribution in [0, 0.1) is 0 Å². The van der Waals surface area contributed by atoms with E-state index in [1.54, 1.807) is 0 Å². The molecule has 0 bridgehead atoms. The minimum Gasteiger partial charge on any atom is -0.371 e. The second-order valence-corrected chi connectivity index (χ2v) is 7.26. The summed E-state index contributed by atoms with van der Waals surface area (Å²) in [6.07, 6.45) is 7.19. The first-order chi connectivity index (χ1) is 13.1. The number of rotatable bonds is 10. The second-order valence-electron chi connectivity index (χ2n) is 7.26. The van der Waals surface area contributed by atoms with E-state index in [0.717, 1.165) is 50.9 Å². The fourth-order valence-corrected chi connectivity index (χ4v) is 3.64. The Morgan fingerprint density at radius 1 is 1.04 bits per heavy atom. The van der Waals surface area contributed by atoms with Crippen LogP contribution in [0.15, 0.2) is 18.2 Å². The highest BCUT2D eigenvalue weighted by atomic mass is 16.2. The SMILES string of the molecule is CCCCCCC(=O)Nc1ccc(N2CCCC2)c(C(=O)N(CC)CC)c1. The molecule has 0 radical (unpaired) electrons.